The summed E-state index contributed by atoms with van der Waals surface area (Å²) < 4.78 is 37.0. The molecule has 0 spiro atoms. The molecule has 9 heteroatoms. The highest BCUT2D eigenvalue weighted by Crippen LogP contribution is 2.64. The molecular formula is C18H16ClNO6S. The number of fused-ring (bicyclic) bond motifs is 1. The summed E-state index contributed by atoms with van der Waals surface area (Å²) in [5.74, 6) is -1.05. The van der Waals surface area contributed by atoms with Gasteiger partial charge in [0.25, 0.3) is 0 Å². The average Bonchev–Trinajstić information content (AvgIpc) is 3.15. The summed E-state index contributed by atoms with van der Waals surface area (Å²) in [6.45, 7) is -0.240. The zero-order chi connectivity index (χ0) is 19.4. The third kappa shape index (κ3) is 2.59. The maximum absolute atomic E-state index is 13.2. The summed E-state index contributed by atoms with van der Waals surface area (Å²) >= 11 is 5.83. The SMILES string of the molecule is NC[C@]1(C(=O)O)[C@H](c2ccc3c(c2)OCO3)[C@@H]1S(=O)(=O)c1ccc(Cl)cc1. The maximum atomic E-state index is 13.2. The van der Waals surface area contributed by atoms with E-state index in [0.29, 0.717) is 22.1 Å². The predicted octanol–water partition coefficient (Wildman–Crippen LogP) is 2.04. The van der Waals surface area contributed by atoms with Crippen molar-refractivity contribution in [2.75, 3.05) is 13.3 Å². The number of ether oxygens (including phenoxy) is 2. The van der Waals surface area contributed by atoms with Gasteiger partial charge in [-0.3, -0.25) is 4.79 Å². The van der Waals surface area contributed by atoms with E-state index in [1.165, 1.54) is 24.3 Å². The molecule has 0 saturated heterocycles. The van der Waals surface area contributed by atoms with Gasteiger partial charge in [-0.1, -0.05) is 17.7 Å². The minimum absolute atomic E-state index is 0.0132. The van der Waals surface area contributed by atoms with Crippen LogP contribution in [0.5, 0.6) is 11.5 Å². The lowest BCUT2D eigenvalue weighted by molar-refractivity contribution is -0.143. The molecule has 142 valence electrons. The highest BCUT2D eigenvalue weighted by atomic mass is 35.5. The molecule has 3 N–H and O–H groups in total. The van der Waals surface area contributed by atoms with E-state index in [2.05, 4.69) is 0 Å². The van der Waals surface area contributed by atoms with Crippen molar-refractivity contribution in [1.29, 1.82) is 0 Å². The number of benzene rings is 2. The van der Waals surface area contributed by atoms with E-state index in [1.807, 2.05) is 0 Å². The van der Waals surface area contributed by atoms with Crippen molar-refractivity contribution in [2.24, 2.45) is 11.1 Å². The Labute approximate surface area is 160 Å². The maximum Gasteiger partial charge on any atom is 0.312 e. The third-order valence-corrected chi connectivity index (χ3v) is 7.77. The number of carbonyl (C=O) groups is 1. The van der Waals surface area contributed by atoms with Crippen molar-refractivity contribution in [1.82, 2.24) is 0 Å². The van der Waals surface area contributed by atoms with Crippen LogP contribution in [0.2, 0.25) is 5.02 Å². The van der Waals surface area contributed by atoms with Crippen LogP contribution < -0.4 is 15.2 Å². The molecule has 2 aliphatic rings. The molecule has 1 aliphatic carbocycles. The normalized spacial score (nSPS) is 26.0. The fraction of sp³-hybridized carbons (Fsp3) is 0.278. The van der Waals surface area contributed by atoms with E-state index in [-0.39, 0.29) is 18.2 Å². The molecule has 1 aliphatic heterocycles. The van der Waals surface area contributed by atoms with Gasteiger partial charge in [-0.15, -0.1) is 0 Å². The van der Waals surface area contributed by atoms with E-state index >= 15 is 0 Å². The first kappa shape index (κ1) is 18.1. The summed E-state index contributed by atoms with van der Waals surface area (Å²) in [4.78, 5) is 12.1. The third-order valence-electron chi connectivity index (χ3n) is 5.22. The van der Waals surface area contributed by atoms with Gasteiger partial charge in [-0.2, -0.15) is 0 Å². The molecule has 4 rings (SSSR count). The van der Waals surface area contributed by atoms with Crippen LogP contribution >= 0.6 is 11.6 Å². The van der Waals surface area contributed by atoms with Crippen LogP contribution in [-0.4, -0.2) is 38.1 Å². The number of carboxylic acids is 1. The summed E-state index contributed by atoms with van der Waals surface area (Å²) in [6.07, 6.45) is 0. The lowest BCUT2D eigenvalue weighted by atomic mass is 9.99. The Kier molecular flexibility index (Phi) is 4.10. The molecule has 1 fully saturated rings. The summed E-state index contributed by atoms with van der Waals surface area (Å²) in [6, 6.07) is 10.6. The molecule has 1 saturated carbocycles. The fourth-order valence-corrected chi connectivity index (χ4v) is 6.31. The van der Waals surface area contributed by atoms with Crippen LogP contribution in [0.1, 0.15) is 11.5 Å². The summed E-state index contributed by atoms with van der Waals surface area (Å²) in [7, 11) is -3.95. The molecule has 2 aromatic rings. The van der Waals surface area contributed by atoms with Crippen LogP contribution in [0.15, 0.2) is 47.4 Å². The summed E-state index contributed by atoms with van der Waals surface area (Å²) in [5.41, 5.74) is 4.71. The van der Waals surface area contributed by atoms with Crippen LogP contribution in [0.25, 0.3) is 0 Å². The molecule has 0 bridgehead atoms. The van der Waals surface area contributed by atoms with Gasteiger partial charge in [0.2, 0.25) is 6.79 Å². The Morgan fingerprint density at radius 2 is 1.85 bits per heavy atom. The largest absolute Gasteiger partial charge is 0.481 e. The highest BCUT2D eigenvalue weighted by Gasteiger charge is 2.75. The Hall–Kier alpha value is -2.29. The molecule has 2 aromatic carbocycles. The van der Waals surface area contributed by atoms with Crippen molar-refractivity contribution >= 4 is 27.4 Å². The predicted molar refractivity (Wildman–Crippen MR) is 96.9 cm³/mol. The van der Waals surface area contributed by atoms with Crippen molar-refractivity contribution < 1.29 is 27.8 Å². The lowest BCUT2D eigenvalue weighted by Gasteiger charge is -2.10. The molecular weight excluding hydrogens is 394 g/mol. The zero-order valence-corrected chi connectivity index (χ0v) is 15.5. The second-order valence-electron chi connectivity index (χ2n) is 6.56. The molecule has 0 aromatic heterocycles. The number of rotatable bonds is 5. The monoisotopic (exact) mass is 409 g/mol. The van der Waals surface area contributed by atoms with E-state index in [1.54, 1.807) is 18.2 Å². The number of halogens is 1. The average molecular weight is 410 g/mol. The Bertz CT molecular complexity index is 1020. The van der Waals surface area contributed by atoms with Gasteiger partial charge in [0, 0.05) is 17.5 Å². The van der Waals surface area contributed by atoms with Crippen molar-refractivity contribution in [3.8, 4) is 11.5 Å². The second-order valence-corrected chi connectivity index (χ2v) is 9.07. The van der Waals surface area contributed by atoms with Crippen LogP contribution in [0, 0.1) is 5.41 Å². The van der Waals surface area contributed by atoms with Crippen LogP contribution in [0.3, 0.4) is 0 Å². The number of nitrogens with two attached hydrogens (primary N) is 1. The zero-order valence-electron chi connectivity index (χ0n) is 14.0. The van der Waals surface area contributed by atoms with Crippen molar-refractivity contribution in [2.45, 2.75) is 16.1 Å². The first-order valence-corrected chi connectivity index (χ1v) is 10.1. The number of sulfone groups is 1. The Balaban J connectivity index is 1.80. The minimum atomic E-state index is -3.95. The quantitative estimate of drug-likeness (QED) is 0.776. The molecule has 0 radical (unpaired) electrons. The number of hydrogen-bond acceptors (Lipinski definition) is 6. The molecule has 3 atom stereocenters. The van der Waals surface area contributed by atoms with Crippen LogP contribution in [0.4, 0.5) is 0 Å². The van der Waals surface area contributed by atoms with Crippen LogP contribution in [-0.2, 0) is 14.6 Å². The van der Waals surface area contributed by atoms with Gasteiger partial charge in [0.15, 0.2) is 21.3 Å². The van der Waals surface area contributed by atoms with Gasteiger partial charge in [0.05, 0.1) is 10.1 Å². The molecule has 0 unspecified atom stereocenters. The van der Waals surface area contributed by atoms with Crippen molar-refractivity contribution in [3.05, 3.63) is 53.1 Å². The topological polar surface area (TPSA) is 116 Å². The van der Waals surface area contributed by atoms with Gasteiger partial charge in [-0.05, 0) is 42.0 Å². The van der Waals surface area contributed by atoms with Gasteiger partial charge < -0.3 is 20.3 Å². The first-order valence-electron chi connectivity index (χ1n) is 8.15. The number of aliphatic carboxylic acids is 1. The molecule has 7 nitrogen and oxygen atoms in total. The summed E-state index contributed by atoms with van der Waals surface area (Å²) in [5, 5.41) is 9.04. The first-order chi connectivity index (χ1) is 12.8. The van der Waals surface area contributed by atoms with Crippen molar-refractivity contribution in [3.63, 3.8) is 0 Å². The molecule has 27 heavy (non-hydrogen) atoms. The lowest BCUT2D eigenvalue weighted by Crippen LogP contribution is -2.31. The smallest absolute Gasteiger partial charge is 0.312 e. The fourth-order valence-electron chi connectivity index (χ4n) is 3.80. The highest BCUT2D eigenvalue weighted by molar-refractivity contribution is 7.92. The van der Waals surface area contributed by atoms with E-state index < -0.39 is 32.4 Å². The van der Waals surface area contributed by atoms with Gasteiger partial charge in [0.1, 0.15) is 5.41 Å². The number of hydrogen-bond donors (Lipinski definition) is 2. The standard InChI is InChI=1S/C18H16ClNO6S/c19-11-2-4-12(5-3-11)27(23,24)16-15(18(16,8-20)17(21)22)10-1-6-13-14(7-10)26-9-25-13/h1-7,15-16H,8-9,20H2,(H,21,22)/t15-,16+,18+/m1/s1. The molecule has 0 amide bonds. The van der Waals surface area contributed by atoms with E-state index in [4.69, 9.17) is 26.8 Å². The Morgan fingerprint density at radius 3 is 2.48 bits per heavy atom. The number of carboxylic acid groups (broad SMARTS) is 1. The van der Waals surface area contributed by atoms with Gasteiger partial charge in [-0.25, -0.2) is 8.42 Å². The van der Waals surface area contributed by atoms with Gasteiger partial charge >= 0.3 is 5.97 Å². The molecule has 1 heterocycles. The van der Waals surface area contributed by atoms with E-state index in [0.717, 1.165) is 0 Å². The Morgan fingerprint density at radius 1 is 1.19 bits per heavy atom. The second kappa shape index (κ2) is 6.12. The minimum Gasteiger partial charge on any atom is -0.481 e. The van der Waals surface area contributed by atoms with E-state index in [9.17, 15) is 18.3 Å².